The fourth-order valence-corrected chi connectivity index (χ4v) is 4.50. The maximum Gasteiger partial charge on any atom is 0.336 e. The van der Waals surface area contributed by atoms with Gasteiger partial charge in [-0.1, -0.05) is 55.8 Å². The SMILES string of the molecule is CCCCc1ccc(N2COc3c(cc4c(-c5ccccc5)cc(=O)oc4c3C)C2)cc1. The molecule has 5 rings (SSSR count). The van der Waals surface area contributed by atoms with Crippen LogP contribution >= 0.6 is 0 Å². The van der Waals surface area contributed by atoms with Crippen molar-refractivity contribution in [2.75, 3.05) is 11.6 Å². The van der Waals surface area contributed by atoms with E-state index in [1.807, 2.05) is 37.3 Å². The van der Waals surface area contributed by atoms with Gasteiger partial charge in [-0.05, 0) is 54.7 Å². The summed E-state index contributed by atoms with van der Waals surface area (Å²) in [4.78, 5) is 14.5. The van der Waals surface area contributed by atoms with Crippen LogP contribution in [0.1, 0.15) is 36.5 Å². The highest BCUT2D eigenvalue weighted by Crippen LogP contribution is 2.39. The third-order valence-electron chi connectivity index (χ3n) is 6.22. The number of benzene rings is 3. The van der Waals surface area contributed by atoms with E-state index in [4.69, 9.17) is 9.15 Å². The van der Waals surface area contributed by atoms with Crippen LogP contribution in [0, 0.1) is 6.92 Å². The lowest BCUT2D eigenvalue weighted by Crippen LogP contribution is -2.32. The van der Waals surface area contributed by atoms with Gasteiger partial charge in [-0.2, -0.15) is 0 Å². The number of nitrogens with zero attached hydrogens (tertiary/aromatic N) is 1. The van der Waals surface area contributed by atoms with Crippen LogP contribution in [0.4, 0.5) is 5.69 Å². The van der Waals surface area contributed by atoms with E-state index in [0.717, 1.165) is 52.0 Å². The van der Waals surface area contributed by atoms with Crippen molar-refractivity contribution in [2.24, 2.45) is 0 Å². The number of ether oxygens (including phenoxy) is 1. The summed E-state index contributed by atoms with van der Waals surface area (Å²) in [5.41, 5.74) is 6.64. The zero-order valence-electron chi connectivity index (χ0n) is 18.6. The van der Waals surface area contributed by atoms with E-state index >= 15 is 0 Å². The molecule has 1 aliphatic rings. The molecule has 0 saturated heterocycles. The van der Waals surface area contributed by atoms with Crippen LogP contribution in [-0.4, -0.2) is 6.73 Å². The molecule has 1 aromatic heterocycles. The minimum atomic E-state index is -0.347. The van der Waals surface area contributed by atoms with Gasteiger partial charge in [-0.3, -0.25) is 0 Å². The molecule has 0 fully saturated rings. The third-order valence-corrected chi connectivity index (χ3v) is 6.22. The topological polar surface area (TPSA) is 42.7 Å². The van der Waals surface area contributed by atoms with Crippen LogP contribution in [0.2, 0.25) is 0 Å². The van der Waals surface area contributed by atoms with Gasteiger partial charge in [0, 0.05) is 34.8 Å². The second-order valence-corrected chi connectivity index (χ2v) is 8.45. The van der Waals surface area contributed by atoms with Crippen LogP contribution in [0.15, 0.2) is 75.9 Å². The molecular weight excluding hydrogens is 398 g/mol. The van der Waals surface area contributed by atoms with Crippen molar-refractivity contribution in [1.82, 2.24) is 0 Å². The standard InChI is InChI=1S/C28H27NO3/c1-3-4-8-20-11-13-23(14-12-20)29-17-22-15-25-24(21-9-6-5-7-10-21)16-26(30)32-28(25)19(2)27(22)31-18-29/h5-7,9-16H,3-4,8,17-18H2,1-2H3. The Labute approximate surface area is 188 Å². The molecule has 0 N–H and O–H groups in total. The number of unbranched alkanes of at least 4 members (excludes halogenated alkanes) is 1. The van der Waals surface area contributed by atoms with Crippen LogP contribution in [-0.2, 0) is 13.0 Å². The molecule has 0 unspecified atom stereocenters. The van der Waals surface area contributed by atoms with E-state index in [9.17, 15) is 4.79 Å². The molecule has 4 aromatic rings. The molecule has 0 atom stereocenters. The molecule has 0 spiro atoms. The first kappa shape index (κ1) is 20.4. The minimum absolute atomic E-state index is 0.347. The van der Waals surface area contributed by atoms with Gasteiger partial charge >= 0.3 is 5.63 Å². The monoisotopic (exact) mass is 425 g/mol. The lowest BCUT2D eigenvalue weighted by Gasteiger charge is -2.32. The lowest BCUT2D eigenvalue weighted by atomic mass is 9.97. The highest BCUT2D eigenvalue weighted by atomic mass is 16.5. The number of hydrogen-bond acceptors (Lipinski definition) is 4. The number of rotatable bonds is 5. The van der Waals surface area contributed by atoms with Crippen molar-refractivity contribution in [3.63, 3.8) is 0 Å². The summed E-state index contributed by atoms with van der Waals surface area (Å²) < 4.78 is 11.8. The Bertz CT molecular complexity index is 1310. The molecule has 3 aromatic carbocycles. The Kier molecular flexibility index (Phi) is 5.44. The fourth-order valence-electron chi connectivity index (χ4n) is 4.50. The number of hydrogen-bond donors (Lipinski definition) is 0. The zero-order chi connectivity index (χ0) is 22.1. The van der Waals surface area contributed by atoms with Crippen molar-refractivity contribution in [1.29, 1.82) is 0 Å². The van der Waals surface area contributed by atoms with Crippen LogP contribution < -0.4 is 15.3 Å². The Hall–Kier alpha value is -3.53. The molecule has 4 nitrogen and oxygen atoms in total. The quantitative estimate of drug-likeness (QED) is 0.344. The van der Waals surface area contributed by atoms with E-state index in [-0.39, 0.29) is 5.63 Å². The molecule has 0 radical (unpaired) electrons. The minimum Gasteiger partial charge on any atom is -0.472 e. The second kappa shape index (κ2) is 8.54. The Morgan fingerprint density at radius 2 is 1.78 bits per heavy atom. The van der Waals surface area contributed by atoms with Gasteiger partial charge in [-0.15, -0.1) is 0 Å². The van der Waals surface area contributed by atoms with Crippen molar-refractivity contribution in [2.45, 2.75) is 39.7 Å². The molecule has 0 amide bonds. The summed E-state index contributed by atoms with van der Waals surface area (Å²) in [7, 11) is 0. The summed E-state index contributed by atoms with van der Waals surface area (Å²) in [6, 6.07) is 22.5. The first-order chi connectivity index (χ1) is 15.6. The summed E-state index contributed by atoms with van der Waals surface area (Å²) in [5.74, 6) is 0.821. The predicted molar refractivity (Wildman–Crippen MR) is 129 cm³/mol. The van der Waals surface area contributed by atoms with Gasteiger partial charge in [-0.25, -0.2) is 4.79 Å². The number of aryl methyl sites for hydroxylation is 2. The summed E-state index contributed by atoms with van der Waals surface area (Å²) in [6.45, 7) is 5.40. The molecule has 0 aliphatic carbocycles. The van der Waals surface area contributed by atoms with Crippen molar-refractivity contribution < 1.29 is 9.15 Å². The van der Waals surface area contributed by atoms with E-state index in [1.54, 1.807) is 6.07 Å². The van der Waals surface area contributed by atoms with Crippen LogP contribution in [0.3, 0.4) is 0 Å². The van der Waals surface area contributed by atoms with Gasteiger partial charge in [0.15, 0.2) is 6.73 Å². The summed E-state index contributed by atoms with van der Waals surface area (Å²) in [5, 5.41) is 0.937. The Balaban J connectivity index is 1.54. The van der Waals surface area contributed by atoms with Gasteiger partial charge in [0.05, 0.1) is 0 Å². The second-order valence-electron chi connectivity index (χ2n) is 8.45. The van der Waals surface area contributed by atoms with E-state index < -0.39 is 0 Å². The highest BCUT2D eigenvalue weighted by molar-refractivity contribution is 5.96. The zero-order valence-corrected chi connectivity index (χ0v) is 18.6. The maximum atomic E-state index is 12.3. The third kappa shape index (κ3) is 3.77. The van der Waals surface area contributed by atoms with Gasteiger partial charge < -0.3 is 14.1 Å². The summed E-state index contributed by atoms with van der Waals surface area (Å²) >= 11 is 0. The highest BCUT2D eigenvalue weighted by Gasteiger charge is 2.23. The largest absolute Gasteiger partial charge is 0.472 e. The first-order valence-electron chi connectivity index (χ1n) is 11.3. The fraction of sp³-hybridized carbons (Fsp3) is 0.250. The molecule has 32 heavy (non-hydrogen) atoms. The molecule has 2 heterocycles. The molecule has 0 bridgehead atoms. The number of anilines is 1. The average molecular weight is 426 g/mol. The Morgan fingerprint density at radius 3 is 2.53 bits per heavy atom. The van der Waals surface area contributed by atoms with Crippen LogP contribution in [0.25, 0.3) is 22.1 Å². The lowest BCUT2D eigenvalue weighted by molar-refractivity contribution is 0.287. The van der Waals surface area contributed by atoms with Crippen molar-refractivity contribution in [3.8, 4) is 16.9 Å². The summed E-state index contributed by atoms with van der Waals surface area (Å²) in [6.07, 6.45) is 3.54. The molecular formula is C28H27NO3. The number of fused-ring (bicyclic) bond motifs is 2. The van der Waals surface area contributed by atoms with E-state index in [2.05, 4.69) is 42.2 Å². The maximum absolute atomic E-state index is 12.3. The van der Waals surface area contributed by atoms with Gasteiger partial charge in [0.1, 0.15) is 11.3 Å². The van der Waals surface area contributed by atoms with Crippen molar-refractivity contribution in [3.05, 3.63) is 93.8 Å². The molecule has 0 saturated carbocycles. The molecule has 1 aliphatic heterocycles. The van der Waals surface area contributed by atoms with Crippen LogP contribution in [0.5, 0.6) is 5.75 Å². The van der Waals surface area contributed by atoms with Gasteiger partial charge in [0.2, 0.25) is 0 Å². The van der Waals surface area contributed by atoms with E-state index in [1.165, 1.54) is 18.4 Å². The molecule has 162 valence electrons. The smallest absolute Gasteiger partial charge is 0.336 e. The van der Waals surface area contributed by atoms with Crippen molar-refractivity contribution >= 4 is 16.7 Å². The average Bonchev–Trinajstić information content (AvgIpc) is 2.83. The Morgan fingerprint density at radius 1 is 1.00 bits per heavy atom. The molecule has 4 heteroatoms. The first-order valence-corrected chi connectivity index (χ1v) is 11.3. The van der Waals surface area contributed by atoms with Gasteiger partial charge in [0.25, 0.3) is 0 Å². The van der Waals surface area contributed by atoms with E-state index in [0.29, 0.717) is 12.3 Å². The predicted octanol–water partition coefficient (Wildman–Crippen LogP) is 6.47. The normalized spacial score (nSPS) is 13.1.